The third-order valence-corrected chi connectivity index (χ3v) is 7.94. The third-order valence-electron chi connectivity index (χ3n) is 7.94. The molecule has 3 aromatic heterocycles. The first-order valence-electron chi connectivity index (χ1n) is 13.3. The second-order valence-corrected chi connectivity index (χ2v) is 10.2. The molecule has 1 N–H and O–H groups in total. The van der Waals surface area contributed by atoms with Crippen molar-refractivity contribution in [2.45, 2.75) is 50.6 Å². The van der Waals surface area contributed by atoms with Crippen molar-refractivity contribution in [1.29, 1.82) is 5.26 Å². The predicted molar refractivity (Wildman–Crippen MR) is 143 cm³/mol. The van der Waals surface area contributed by atoms with Gasteiger partial charge in [0.2, 0.25) is 5.95 Å². The highest BCUT2D eigenvalue weighted by Crippen LogP contribution is 2.31. The minimum atomic E-state index is -0.269. The quantitative estimate of drug-likeness (QED) is 0.560. The molecule has 3 fully saturated rings. The molecule has 10 heteroatoms. The normalized spacial score (nSPS) is 19.8. The Labute approximate surface area is 217 Å². The van der Waals surface area contributed by atoms with Gasteiger partial charge in [-0.05, 0) is 43.9 Å². The Hall–Kier alpha value is -3.55. The van der Waals surface area contributed by atoms with Crippen molar-refractivity contribution in [3.05, 3.63) is 46.5 Å². The van der Waals surface area contributed by atoms with Crippen LogP contribution in [0.25, 0.3) is 11.0 Å². The molecule has 0 spiro atoms. The van der Waals surface area contributed by atoms with E-state index in [0.29, 0.717) is 23.0 Å². The number of nitrogens with one attached hydrogen (secondary N) is 1. The molecular weight excluding hydrogens is 468 g/mol. The summed E-state index contributed by atoms with van der Waals surface area (Å²) in [5.74, 6) is 1.38. The molecule has 0 atom stereocenters. The number of pyridine rings is 2. The summed E-state index contributed by atoms with van der Waals surface area (Å²) in [6, 6.07) is 8.35. The molecule has 5 heterocycles. The number of nitrogens with zero attached hydrogens (tertiary/aromatic N) is 7. The zero-order chi connectivity index (χ0) is 25.2. The first kappa shape index (κ1) is 23.8. The molecule has 0 unspecified atom stereocenters. The summed E-state index contributed by atoms with van der Waals surface area (Å²) in [5, 5.41) is 13.4. The Kier molecular flexibility index (Phi) is 6.72. The monoisotopic (exact) mass is 502 g/mol. The third kappa shape index (κ3) is 4.89. The Morgan fingerprint density at radius 1 is 1.00 bits per heavy atom. The molecule has 0 radical (unpaired) electrons. The molecule has 0 bridgehead atoms. The minimum Gasteiger partial charge on any atom is -0.379 e. The number of nitriles is 1. The summed E-state index contributed by atoms with van der Waals surface area (Å²) in [5.41, 5.74) is 1.23. The maximum atomic E-state index is 13.0. The molecule has 3 aliphatic rings. The lowest BCUT2D eigenvalue weighted by Crippen LogP contribution is -2.49. The van der Waals surface area contributed by atoms with Crippen molar-refractivity contribution in [1.82, 2.24) is 24.4 Å². The van der Waals surface area contributed by atoms with Crippen LogP contribution in [0.15, 0.2) is 35.4 Å². The fraction of sp³-hybridized carbons (Fsp3) is 0.519. The van der Waals surface area contributed by atoms with Crippen LogP contribution in [0.3, 0.4) is 0 Å². The molecule has 2 saturated heterocycles. The van der Waals surface area contributed by atoms with E-state index in [2.05, 4.69) is 20.1 Å². The van der Waals surface area contributed by atoms with E-state index in [-0.39, 0.29) is 18.6 Å². The van der Waals surface area contributed by atoms with Crippen molar-refractivity contribution in [2.75, 3.05) is 49.6 Å². The van der Waals surface area contributed by atoms with Gasteiger partial charge < -0.3 is 15.0 Å². The zero-order valence-electron chi connectivity index (χ0n) is 21.0. The standard InChI is InChI=1S/C27H32N8O2.H2/c28-16-19-15-20-17-30-27(32-25(20)35(26(19)36)23-3-1-2-4-23)31-21-5-6-24(29-18-21)34-9-7-22(8-10-34)33-11-13-37-14-12-33;/h5-6,15,17-18,22-23H,1-4,7-14H2,(H,30,31,32);1H. The van der Waals surface area contributed by atoms with Gasteiger partial charge in [0, 0.05) is 51.3 Å². The van der Waals surface area contributed by atoms with Crippen LogP contribution in [0, 0.1) is 11.3 Å². The Bertz CT molecular complexity index is 1350. The average molecular weight is 503 g/mol. The van der Waals surface area contributed by atoms with Gasteiger partial charge in [0.1, 0.15) is 23.1 Å². The van der Waals surface area contributed by atoms with Crippen LogP contribution >= 0.6 is 0 Å². The van der Waals surface area contributed by atoms with E-state index >= 15 is 0 Å². The number of rotatable bonds is 5. The van der Waals surface area contributed by atoms with Gasteiger partial charge in [0.15, 0.2) is 0 Å². The van der Waals surface area contributed by atoms with Crippen molar-refractivity contribution in [2.24, 2.45) is 0 Å². The smallest absolute Gasteiger partial charge is 0.270 e. The van der Waals surface area contributed by atoms with E-state index in [0.717, 1.165) is 89.4 Å². The average Bonchev–Trinajstić information content (AvgIpc) is 3.48. The second-order valence-electron chi connectivity index (χ2n) is 10.2. The molecule has 10 nitrogen and oxygen atoms in total. The summed E-state index contributed by atoms with van der Waals surface area (Å²) in [7, 11) is 0. The number of piperidine rings is 1. The van der Waals surface area contributed by atoms with E-state index in [1.54, 1.807) is 23.0 Å². The number of aromatic nitrogens is 4. The largest absolute Gasteiger partial charge is 0.379 e. The van der Waals surface area contributed by atoms with E-state index in [9.17, 15) is 10.1 Å². The van der Waals surface area contributed by atoms with Gasteiger partial charge in [0.05, 0.1) is 25.1 Å². The zero-order valence-corrected chi connectivity index (χ0v) is 21.0. The first-order chi connectivity index (χ1) is 18.2. The highest BCUT2D eigenvalue weighted by atomic mass is 16.5. The van der Waals surface area contributed by atoms with Gasteiger partial charge in [-0.25, -0.2) is 9.97 Å². The molecular formula is C27H34N8O2. The minimum absolute atomic E-state index is 0. The lowest BCUT2D eigenvalue weighted by atomic mass is 10.0. The molecule has 194 valence electrons. The Balaban J connectivity index is 0.00000294. The molecule has 37 heavy (non-hydrogen) atoms. The lowest BCUT2D eigenvalue weighted by molar-refractivity contribution is 0.0115. The molecule has 0 aromatic carbocycles. The molecule has 0 amide bonds. The van der Waals surface area contributed by atoms with Crippen LogP contribution < -0.4 is 15.8 Å². The number of morpholine rings is 1. The number of fused-ring (bicyclic) bond motifs is 1. The van der Waals surface area contributed by atoms with Crippen LogP contribution in [0.4, 0.5) is 17.5 Å². The predicted octanol–water partition coefficient (Wildman–Crippen LogP) is 3.46. The van der Waals surface area contributed by atoms with Crippen LogP contribution in [0.1, 0.15) is 51.6 Å². The van der Waals surface area contributed by atoms with Crippen molar-refractivity contribution in [3.8, 4) is 6.07 Å². The van der Waals surface area contributed by atoms with E-state index in [1.807, 2.05) is 18.2 Å². The van der Waals surface area contributed by atoms with Gasteiger partial charge in [-0.15, -0.1) is 0 Å². The summed E-state index contributed by atoms with van der Waals surface area (Å²) < 4.78 is 7.20. The van der Waals surface area contributed by atoms with Gasteiger partial charge in [-0.2, -0.15) is 10.2 Å². The van der Waals surface area contributed by atoms with Crippen molar-refractivity contribution in [3.63, 3.8) is 0 Å². The van der Waals surface area contributed by atoms with Crippen LogP contribution in [-0.2, 0) is 4.74 Å². The van der Waals surface area contributed by atoms with Gasteiger partial charge >= 0.3 is 0 Å². The fourth-order valence-electron chi connectivity index (χ4n) is 5.94. The lowest BCUT2D eigenvalue weighted by Gasteiger charge is -2.40. The van der Waals surface area contributed by atoms with Crippen molar-refractivity contribution >= 4 is 28.5 Å². The van der Waals surface area contributed by atoms with Gasteiger partial charge in [-0.3, -0.25) is 14.3 Å². The number of hydrogen-bond donors (Lipinski definition) is 1. The summed E-state index contributed by atoms with van der Waals surface area (Å²) in [6.45, 7) is 5.76. The van der Waals surface area contributed by atoms with E-state index in [1.165, 1.54) is 0 Å². The van der Waals surface area contributed by atoms with E-state index < -0.39 is 0 Å². The number of hydrogen-bond acceptors (Lipinski definition) is 9. The summed E-state index contributed by atoms with van der Waals surface area (Å²) in [6.07, 6.45) is 9.77. The van der Waals surface area contributed by atoms with Gasteiger partial charge in [0.25, 0.3) is 5.56 Å². The highest BCUT2D eigenvalue weighted by molar-refractivity contribution is 5.77. The van der Waals surface area contributed by atoms with Crippen LogP contribution in [-0.4, -0.2) is 69.9 Å². The molecule has 1 saturated carbocycles. The molecule has 3 aromatic rings. The topological polar surface area (TPSA) is 112 Å². The van der Waals surface area contributed by atoms with Gasteiger partial charge in [-0.1, -0.05) is 12.8 Å². The summed E-state index contributed by atoms with van der Waals surface area (Å²) in [4.78, 5) is 31.8. The summed E-state index contributed by atoms with van der Waals surface area (Å²) >= 11 is 0. The second kappa shape index (κ2) is 10.4. The maximum absolute atomic E-state index is 13.0. The van der Waals surface area contributed by atoms with Crippen molar-refractivity contribution < 1.29 is 6.16 Å². The van der Waals surface area contributed by atoms with Crippen LogP contribution in [0.5, 0.6) is 0 Å². The van der Waals surface area contributed by atoms with E-state index in [4.69, 9.17) is 14.7 Å². The molecule has 6 rings (SSSR count). The maximum Gasteiger partial charge on any atom is 0.270 e. The highest BCUT2D eigenvalue weighted by Gasteiger charge is 2.26. The molecule has 2 aliphatic heterocycles. The Morgan fingerprint density at radius 3 is 2.49 bits per heavy atom. The Morgan fingerprint density at radius 2 is 1.78 bits per heavy atom. The number of ether oxygens (including phenoxy) is 1. The SMILES string of the molecule is N#Cc1cc2cnc(Nc3ccc(N4CCC(N5CCOCC5)CC4)nc3)nc2n(C2CCCC2)c1=O.[HH]. The molecule has 1 aliphatic carbocycles. The first-order valence-corrected chi connectivity index (χ1v) is 13.3. The number of anilines is 3. The van der Waals surface area contributed by atoms with Crippen LogP contribution in [0.2, 0.25) is 0 Å². The fourth-order valence-corrected chi connectivity index (χ4v) is 5.94.